The lowest BCUT2D eigenvalue weighted by Gasteiger charge is -2.11. The van der Waals surface area contributed by atoms with E-state index in [1.807, 2.05) is 12.1 Å². The fourth-order valence-corrected chi connectivity index (χ4v) is 3.36. The number of carbonyl (C=O) groups is 1. The number of benzene rings is 3. The van der Waals surface area contributed by atoms with Gasteiger partial charge in [0.2, 0.25) is 5.88 Å². The summed E-state index contributed by atoms with van der Waals surface area (Å²) in [5, 5.41) is 7.73. The van der Waals surface area contributed by atoms with Crippen molar-refractivity contribution in [2.24, 2.45) is 0 Å². The number of aromatic nitrogens is 2. The van der Waals surface area contributed by atoms with Crippen LogP contribution in [0.5, 0.6) is 17.4 Å². The van der Waals surface area contributed by atoms with Crippen LogP contribution in [0, 0.1) is 0 Å². The van der Waals surface area contributed by atoms with Crippen LogP contribution in [0.3, 0.4) is 0 Å². The first-order valence-corrected chi connectivity index (χ1v) is 11.0. The highest BCUT2D eigenvalue weighted by molar-refractivity contribution is 6.30. The fraction of sp³-hybridized carbons (Fsp3) is 0.115. The monoisotopic (exact) mass is 491 g/mol. The highest BCUT2D eigenvalue weighted by Crippen LogP contribution is 2.26. The number of nitrogens with zero attached hydrogens (tertiary/aromatic N) is 2. The molecule has 178 valence electrons. The predicted octanol–water partition coefficient (Wildman–Crippen LogP) is 4.73. The van der Waals surface area contributed by atoms with E-state index in [1.165, 1.54) is 31.0 Å². The van der Waals surface area contributed by atoms with Crippen molar-refractivity contribution >= 4 is 23.2 Å². The van der Waals surface area contributed by atoms with Crippen LogP contribution in [0.2, 0.25) is 5.02 Å². The molecular formula is C26H22ClN3O5. The van der Waals surface area contributed by atoms with Gasteiger partial charge in [0.1, 0.15) is 18.1 Å². The molecule has 4 rings (SSSR count). The quantitative estimate of drug-likeness (QED) is 0.383. The molecule has 0 unspecified atom stereocenters. The third-order valence-corrected chi connectivity index (χ3v) is 5.31. The summed E-state index contributed by atoms with van der Waals surface area (Å²) in [4.78, 5) is 25.1. The molecule has 3 aromatic carbocycles. The largest absolute Gasteiger partial charge is 0.497 e. The number of hydrogen-bond acceptors (Lipinski definition) is 6. The van der Waals surface area contributed by atoms with E-state index in [0.717, 1.165) is 5.56 Å². The van der Waals surface area contributed by atoms with Gasteiger partial charge >= 0.3 is 0 Å². The molecule has 0 aliphatic heterocycles. The summed E-state index contributed by atoms with van der Waals surface area (Å²) in [7, 11) is 3.07. The van der Waals surface area contributed by atoms with Crippen molar-refractivity contribution in [1.29, 1.82) is 0 Å². The van der Waals surface area contributed by atoms with Crippen LogP contribution < -0.4 is 25.1 Å². The Morgan fingerprint density at radius 1 is 0.914 bits per heavy atom. The first-order chi connectivity index (χ1) is 16.9. The molecular weight excluding hydrogens is 470 g/mol. The molecule has 0 saturated heterocycles. The Kier molecular flexibility index (Phi) is 7.32. The zero-order valence-corrected chi connectivity index (χ0v) is 19.8. The Hall–Kier alpha value is -4.30. The number of rotatable bonds is 8. The number of nitrogens with one attached hydrogen (secondary N) is 1. The molecule has 1 N–H and O–H groups in total. The summed E-state index contributed by atoms with van der Waals surface area (Å²) < 4.78 is 17.4. The molecule has 0 atom stereocenters. The Morgan fingerprint density at radius 3 is 2.20 bits per heavy atom. The summed E-state index contributed by atoms with van der Waals surface area (Å²) in [6.45, 7) is 0.274. The van der Waals surface area contributed by atoms with Gasteiger partial charge in [0.15, 0.2) is 0 Å². The minimum atomic E-state index is -0.329. The average molecular weight is 492 g/mol. The van der Waals surface area contributed by atoms with Crippen molar-refractivity contribution in [3.8, 4) is 23.1 Å². The van der Waals surface area contributed by atoms with Crippen molar-refractivity contribution in [3.05, 3.63) is 105 Å². The van der Waals surface area contributed by atoms with Crippen molar-refractivity contribution in [3.63, 3.8) is 0 Å². The Morgan fingerprint density at radius 2 is 1.57 bits per heavy atom. The van der Waals surface area contributed by atoms with E-state index in [4.69, 9.17) is 25.8 Å². The van der Waals surface area contributed by atoms with Crippen molar-refractivity contribution in [1.82, 2.24) is 9.78 Å². The molecule has 0 spiro atoms. The Labute approximate surface area is 206 Å². The number of amides is 1. The Balaban J connectivity index is 1.48. The van der Waals surface area contributed by atoms with Gasteiger partial charge in [-0.3, -0.25) is 9.59 Å². The third-order valence-electron chi connectivity index (χ3n) is 5.06. The summed E-state index contributed by atoms with van der Waals surface area (Å²) in [6, 6.07) is 21.7. The number of methoxy groups -OCH3 is 2. The normalized spacial score (nSPS) is 10.5. The van der Waals surface area contributed by atoms with Gasteiger partial charge in [-0.15, -0.1) is 5.10 Å². The molecule has 8 nitrogen and oxygen atoms in total. The molecule has 0 bridgehead atoms. The summed E-state index contributed by atoms with van der Waals surface area (Å²) in [5.74, 6) is 1.07. The van der Waals surface area contributed by atoms with Gasteiger partial charge in [0.25, 0.3) is 11.5 Å². The van der Waals surface area contributed by atoms with E-state index >= 15 is 0 Å². The highest BCUT2D eigenvalue weighted by atomic mass is 35.5. The first-order valence-electron chi connectivity index (χ1n) is 10.6. The van der Waals surface area contributed by atoms with Crippen LogP contribution in [-0.4, -0.2) is 29.9 Å². The molecule has 1 aromatic heterocycles. The zero-order chi connectivity index (χ0) is 24.8. The average Bonchev–Trinajstić information content (AvgIpc) is 2.89. The lowest BCUT2D eigenvalue weighted by atomic mass is 10.2. The third kappa shape index (κ3) is 5.99. The maximum absolute atomic E-state index is 12.7. The Bertz CT molecular complexity index is 1360. The summed E-state index contributed by atoms with van der Waals surface area (Å²) >= 11 is 5.90. The molecule has 1 amide bonds. The molecule has 0 fully saturated rings. The van der Waals surface area contributed by atoms with E-state index < -0.39 is 0 Å². The minimum Gasteiger partial charge on any atom is -0.497 e. The molecule has 4 aromatic rings. The van der Waals surface area contributed by atoms with Crippen molar-refractivity contribution in [2.75, 3.05) is 19.5 Å². The predicted molar refractivity (Wildman–Crippen MR) is 133 cm³/mol. The van der Waals surface area contributed by atoms with Crippen LogP contribution in [0.25, 0.3) is 5.69 Å². The van der Waals surface area contributed by atoms with Gasteiger partial charge in [-0.1, -0.05) is 23.7 Å². The van der Waals surface area contributed by atoms with Crippen molar-refractivity contribution < 1.29 is 19.0 Å². The standard InChI is InChI=1S/C26H22ClN3O5/c1-33-22-13-20(14-23(15-22)34-2)28-26(32)18-5-9-21(10-6-18)30-25(31)12-11-24(29-30)35-16-17-3-7-19(27)8-4-17/h3-15H,16H2,1-2H3,(H,28,32). The number of carbonyl (C=O) groups excluding carboxylic acids is 1. The topological polar surface area (TPSA) is 91.7 Å². The number of hydrogen-bond donors (Lipinski definition) is 1. The molecule has 9 heteroatoms. The molecule has 0 aliphatic rings. The van der Waals surface area contributed by atoms with Gasteiger partial charge < -0.3 is 19.5 Å². The van der Waals surface area contributed by atoms with Gasteiger partial charge in [0, 0.05) is 46.6 Å². The van der Waals surface area contributed by atoms with Crippen LogP contribution >= 0.6 is 11.6 Å². The van der Waals surface area contributed by atoms with Gasteiger partial charge in [-0.25, -0.2) is 0 Å². The number of ether oxygens (including phenoxy) is 3. The summed E-state index contributed by atoms with van der Waals surface area (Å²) in [6.07, 6.45) is 0. The van der Waals surface area contributed by atoms with Gasteiger partial charge in [0.05, 0.1) is 19.9 Å². The lowest BCUT2D eigenvalue weighted by molar-refractivity contribution is 0.102. The van der Waals surface area contributed by atoms with E-state index in [1.54, 1.807) is 54.6 Å². The minimum absolute atomic E-state index is 0.274. The highest BCUT2D eigenvalue weighted by Gasteiger charge is 2.11. The number of anilines is 1. The molecule has 1 heterocycles. The van der Waals surface area contributed by atoms with Gasteiger partial charge in [-0.05, 0) is 42.0 Å². The zero-order valence-electron chi connectivity index (χ0n) is 19.0. The fourth-order valence-electron chi connectivity index (χ4n) is 3.23. The van der Waals surface area contributed by atoms with E-state index in [9.17, 15) is 9.59 Å². The van der Waals surface area contributed by atoms with E-state index in [2.05, 4.69) is 10.4 Å². The summed E-state index contributed by atoms with van der Waals surface area (Å²) in [5.41, 5.74) is 2.01. The molecule has 35 heavy (non-hydrogen) atoms. The smallest absolute Gasteiger partial charge is 0.271 e. The second kappa shape index (κ2) is 10.8. The maximum Gasteiger partial charge on any atom is 0.271 e. The molecule has 0 saturated carbocycles. The second-order valence-corrected chi connectivity index (χ2v) is 7.88. The molecule has 0 radical (unpaired) electrons. The number of halogens is 1. The van der Waals surface area contributed by atoms with Crippen molar-refractivity contribution in [2.45, 2.75) is 6.61 Å². The van der Waals surface area contributed by atoms with Gasteiger partial charge in [-0.2, -0.15) is 4.68 Å². The SMILES string of the molecule is COc1cc(NC(=O)c2ccc(-n3nc(OCc4ccc(Cl)cc4)ccc3=O)cc2)cc(OC)c1. The van der Waals surface area contributed by atoms with Crippen LogP contribution in [0.4, 0.5) is 5.69 Å². The van der Waals surface area contributed by atoms with Crippen LogP contribution in [0.15, 0.2) is 83.7 Å². The van der Waals surface area contributed by atoms with Crippen LogP contribution in [-0.2, 0) is 6.61 Å². The van der Waals surface area contributed by atoms with E-state index in [0.29, 0.717) is 33.5 Å². The molecule has 0 aliphatic carbocycles. The first kappa shape index (κ1) is 23.8. The maximum atomic E-state index is 12.7. The lowest BCUT2D eigenvalue weighted by Crippen LogP contribution is -2.20. The van der Waals surface area contributed by atoms with Crippen LogP contribution in [0.1, 0.15) is 15.9 Å². The van der Waals surface area contributed by atoms with E-state index in [-0.39, 0.29) is 24.0 Å². The second-order valence-electron chi connectivity index (χ2n) is 7.44.